The Bertz CT molecular complexity index is 649. The summed E-state index contributed by atoms with van der Waals surface area (Å²) < 4.78 is 1.67. The lowest BCUT2D eigenvalue weighted by atomic mass is 10.4. The molecule has 0 atom stereocenters. The van der Waals surface area contributed by atoms with Crippen LogP contribution in [-0.2, 0) is 9.59 Å². The molecule has 0 bridgehead atoms. The Hall–Kier alpha value is -1.87. The molecule has 0 radical (unpaired) electrons. The summed E-state index contributed by atoms with van der Waals surface area (Å²) in [6, 6.07) is 0. The predicted molar refractivity (Wildman–Crippen MR) is 74.4 cm³/mol. The molecule has 0 aliphatic rings. The first-order chi connectivity index (χ1) is 9.61. The number of imidazole rings is 1. The van der Waals surface area contributed by atoms with Gasteiger partial charge in [-0.15, -0.1) is 11.3 Å². The predicted octanol–water partition coefficient (Wildman–Crippen LogP) is 0.891. The van der Waals surface area contributed by atoms with Crippen LogP contribution in [0.15, 0.2) is 16.6 Å². The van der Waals surface area contributed by atoms with Gasteiger partial charge in [0.05, 0.1) is 12.2 Å². The molecule has 0 fully saturated rings. The minimum Gasteiger partial charge on any atom is -0.481 e. The highest BCUT2D eigenvalue weighted by atomic mass is 32.2. The van der Waals surface area contributed by atoms with Gasteiger partial charge >= 0.3 is 5.97 Å². The van der Waals surface area contributed by atoms with Crippen molar-refractivity contribution < 1.29 is 19.5 Å². The highest BCUT2D eigenvalue weighted by molar-refractivity contribution is 8.00. The van der Waals surface area contributed by atoms with Crippen molar-refractivity contribution in [2.45, 2.75) is 11.4 Å². The summed E-state index contributed by atoms with van der Waals surface area (Å²) >= 11 is 2.56. The largest absolute Gasteiger partial charge is 0.481 e. The summed E-state index contributed by atoms with van der Waals surface area (Å²) in [6.07, 6.45) is 2.33. The van der Waals surface area contributed by atoms with Gasteiger partial charge in [-0.25, -0.2) is 4.98 Å². The molecule has 2 aromatic rings. The molecule has 2 N–H and O–H groups in total. The van der Waals surface area contributed by atoms with Crippen LogP contribution in [0.25, 0.3) is 4.96 Å². The Morgan fingerprint density at radius 2 is 2.35 bits per heavy atom. The molecule has 106 valence electrons. The van der Waals surface area contributed by atoms with E-state index in [1.807, 2.05) is 5.38 Å². The Balaban J connectivity index is 1.92. The van der Waals surface area contributed by atoms with Crippen LogP contribution in [0.3, 0.4) is 0 Å². The van der Waals surface area contributed by atoms with Gasteiger partial charge in [0.15, 0.2) is 11.2 Å². The molecular weight excluding hydrogens is 302 g/mol. The molecule has 2 heterocycles. The Morgan fingerprint density at radius 3 is 3.05 bits per heavy atom. The van der Waals surface area contributed by atoms with Gasteiger partial charge in [-0.1, -0.05) is 11.8 Å². The fourth-order valence-electron chi connectivity index (χ4n) is 1.49. The number of carbonyl (C=O) groups is 3. The molecule has 0 spiro atoms. The molecule has 9 heteroatoms. The lowest BCUT2D eigenvalue weighted by Gasteiger charge is -2.02. The number of hydrogen-bond acceptors (Lipinski definition) is 6. The number of aromatic nitrogens is 2. The van der Waals surface area contributed by atoms with E-state index in [0.717, 1.165) is 11.8 Å². The average Bonchev–Trinajstić information content (AvgIpc) is 2.95. The van der Waals surface area contributed by atoms with Crippen molar-refractivity contribution in [2.75, 3.05) is 12.3 Å². The zero-order valence-corrected chi connectivity index (χ0v) is 11.9. The normalized spacial score (nSPS) is 10.6. The number of rotatable bonds is 7. The second-order valence-electron chi connectivity index (χ2n) is 3.76. The third-order valence-corrected chi connectivity index (χ3v) is 4.11. The van der Waals surface area contributed by atoms with Crippen molar-refractivity contribution in [1.29, 1.82) is 0 Å². The molecule has 0 saturated carbocycles. The van der Waals surface area contributed by atoms with Gasteiger partial charge < -0.3 is 10.4 Å². The zero-order valence-electron chi connectivity index (χ0n) is 10.2. The minimum absolute atomic E-state index is 0.0886. The molecule has 0 unspecified atom stereocenters. The molecule has 1 amide bonds. The van der Waals surface area contributed by atoms with Gasteiger partial charge in [0.1, 0.15) is 10.7 Å². The van der Waals surface area contributed by atoms with Crippen LogP contribution in [0.1, 0.15) is 16.9 Å². The van der Waals surface area contributed by atoms with E-state index < -0.39 is 5.97 Å². The molecule has 0 saturated heterocycles. The number of amides is 1. The summed E-state index contributed by atoms with van der Waals surface area (Å²) in [6.45, 7) is 0.0908. The smallest absolute Gasteiger partial charge is 0.305 e. The van der Waals surface area contributed by atoms with Crippen LogP contribution in [0.2, 0.25) is 0 Å². The third-order valence-electron chi connectivity index (χ3n) is 2.38. The number of aliphatic carboxylic acids is 1. The number of carbonyl (C=O) groups excluding carboxylic acids is 2. The minimum atomic E-state index is -0.962. The lowest BCUT2D eigenvalue weighted by molar-refractivity contribution is -0.136. The van der Waals surface area contributed by atoms with Crippen molar-refractivity contribution in [3.05, 3.63) is 17.3 Å². The summed E-state index contributed by atoms with van der Waals surface area (Å²) in [5, 5.41) is 13.3. The maximum atomic E-state index is 11.5. The van der Waals surface area contributed by atoms with Crippen LogP contribution in [0, 0.1) is 0 Å². The lowest BCUT2D eigenvalue weighted by Crippen LogP contribution is -2.27. The van der Waals surface area contributed by atoms with E-state index in [2.05, 4.69) is 10.3 Å². The molecule has 0 aromatic carbocycles. The number of carboxylic acids is 1. The van der Waals surface area contributed by atoms with Gasteiger partial charge in [-0.05, 0) is 0 Å². The van der Waals surface area contributed by atoms with Crippen LogP contribution in [-0.4, -0.2) is 45.0 Å². The van der Waals surface area contributed by atoms with E-state index >= 15 is 0 Å². The topological polar surface area (TPSA) is 101 Å². The van der Waals surface area contributed by atoms with Crippen LogP contribution in [0.5, 0.6) is 0 Å². The zero-order chi connectivity index (χ0) is 14.5. The standard InChI is InChI=1S/C11H11N3O4S2/c15-5-7-10(13-11-14(7)3-4-19-11)20-6-8(16)12-2-1-9(17)18/h3-5H,1-2,6H2,(H,12,16)(H,17,18). The van der Waals surface area contributed by atoms with Crippen LogP contribution < -0.4 is 5.32 Å². The van der Waals surface area contributed by atoms with Crippen molar-refractivity contribution in [2.24, 2.45) is 0 Å². The molecule has 2 aromatic heterocycles. The van der Waals surface area contributed by atoms with Gasteiger partial charge in [0, 0.05) is 18.1 Å². The third kappa shape index (κ3) is 3.36. The SMILES string of the molecule is O=Cc1c(SCC(=O)NCCC(=O)O)nc2sccn12. The van der Waals surface area contributed by atoms with E-state index in [9.17, 15) is 14.4 Å². The van der Waals surface area contributed by atoms with Crippen molar-refractivity contribution in [3.63, 3.8) is 0 Å². The Morgan fingerprint density at radius 1 is 1.55 bits per heavy atom. The van der Waals surface area contributed by atoms with Gasteiger partial charge in [0.25, 0.3) is 0 Å². The summed E-state index contributed by atoms with van der Waals surface area (Å²) in [7, 11) is 0. The van der Waals surface area contributed by atoms with Crippen molar-refractivity contribution in [1.82, 2.24) is 14.7 Å². The van der Waals surface area contributed by atoms with E-state index in [1.54, 1.807) is 10.6 Å². The second-order valence-corrected chi connectivity index (χ2v) is 5.60. The average molecular weight is 313 g/mol. The molecule has 0 aliphatic heterocycles. The van der Waals surface area contributed by atoms with Crippen molar-refractivity contribution in [3.8, 4) is 0 Å². The number of nitrogens with one attached hydrogen (secondary N) is 1. The van der Waals surface area contributed by atoms with Crippen LogP contribution in [0.4, 0.5) is 0 Å². The van der Waals surface area contributed by atoms with E-state index in [-0.39, 0.29) is 24.6 Å². The van der Waals surface area contributed by atoms with Gasteiger partial charge in [-0.2, -0.15) is 0 Å². The van der Waals surface area contributed by atoms with Gasteiger partial charge in [0.2, 0.25) is 5.91 Å². The second kappa shape index (κ2) is 6.53. The first-order valence-electron chi connectivity index (χ1n) is 5.64. The quantitative estimate of drug-likeness (QED) is 0.581. The van der Waals surface area contributed by atoms with Crippen LogP contribution >= 0.6 is 23.1 Å². The number of thiazole rings is 1. The van der Waals surface area contributed by atoms with E-state index in [1.165, 1.54) is 11.3 Å². The summed E-state index contributed by atoms with van der Waals surface area (Å²) in [5.41, 5.74) is 0.421. The molecular formula is C11H11N3O4S2. The molecule has 7 nitrogen and oxygen atoms in total. The highest BCUT2D eigenvalue weighted by Crippen LogP contribution is 2.24. The van der Waals surface area contributed by atoms with E-state index in [0.29, 0.717) is 22.0 Å². The number of fused-ring (bicyclic) bond motifs is 1. The molecule has 20 heavy (non-hydrogen) atoms. The Kier molecular flexibility index (Phi) is 4.74. The van der Waals surface area contributed by atoms with Gasteiger partial charge in [-0.3, -0.25) is 18.8 Å². The number of aldehydes is 1. The number of nitrogens with zero attached hydrogens (tertiary/aromatic N) is 2. The number of hydrogen-bond donors (Lipinski definition) is 2. The Labute approximate surface area is 122 Å². The van der Waals surface area contributed by atoms with Crippen molar-refractivity contribution >= 4 is 46.2 Å². The number of thioether (sulfide) groups is 1. The number of carboxylic acid groups (broad SMARTS) is 1. The maximum Gasteiger partial charge on any atom is 0.305 e. The first kappa shape index (κ1) is 14.5. The monoisotopic (exact) mass is 313 g/mol. The molecule has 0 aliphatic carbocycles. The summed E-state index contributed by atoms with van der Waals surface area (Å²) in [5.74, 6) is -1.16. The maximum absolute atomic E-state index is 11.5. The molecule has 2 rings (SSSR count). The first-order valence-corrected chi connectivity index (χ1v) is 7.50. The fraction of sp³-hybridized carbons (Fsp3) is 0.273. The highest BCUT2D eigenvalue weighted by Gasteiger charge is 2.14. The summed E-state index contributed by atoms with van der Waals surface area (Å²) in [4.78, 5) is 37.8. The fourth-order valence-corrected chi connectivity index (χ4v) is 3.08. The van der Waals surface area contributed by atoms with E-state index in [4.69, 9.17) is 5.11 Å².